The Morgan fingerprint density at radius 2 is 1.60 bits per heavy atom. The molecule has 0 radical (unpaired) electrons. The first-order valence-corrected chi connectivity index (χ1v) is 18.1. The van der Waals surface area contributed by atoms with Crippen molar-refractivity contribution in [2.75, 3.05) is 6.61 Å². The summed E-state index contributed by atoms with van der Waals surface area (Å²) in [4.78, 5) is 0. The molecule has 4 rings (SSSR count). The molecule has 0 aliphatic heterocycles. The van der Waals surface area contributed by atoms with Gasteiger partial charge < -0.3 is 14.6 Å². The highest BCUT2D eigenvalue weighted by Crippen LogP contribution is 2.69. The van der Waals surface area contributed by atoms with Crippen LogP contribution in [-0.4, -0.2) is 37.3 Å². The molecular formula is C31H58O3Si. The third-order valence-electron chi connectivity index (χ3n) is 13.0. The lowest BCUT2D eigenvalue weighted by Crippen LogP contribution is -2.62. The summed E-state index contributed by atoms with van der Waals surface area (Å²) in [6, 6.07) is 0. The van der Waals surface area contributed by atoms with Crippen molar-refractivity contribution in [3.63, 3.8) is 0 Å². The van der Waals surface area contributed by atoms with Gasteiger partial charge in [0.05, 0.1) is 6.10 Å². The van der Waals surface area contributed by atoms with E-state index in [1.807, 2.05) is 0 Å². The third kappa shape index (κ3) is 4.53. The Hall–Kier alpha value is 0.0969. The summed E-state index contributed by atoms with van der Waals surface area (Å²) in [6.45, 7) is 22.1. The summed E-state index contributed by atoms with van der Waals surface area (Å²) in [7, 11) is -1.79. The maximum Gasteiger partial charge on any atom is 0.192 e. The molecule has 0 amide bonds. The monoisotopic (exact) mass is 506 g/mol. The molecule has 4 fully saturated rings. The van der Waals surface area contributed by atoms with Crippen LogP contribution in [0.3, 0.4) is 0 Å². The molecule has 0 aromatic heterocycles. The zero-order valence-electron chi connectivity index (χ0n) is 24.6. The minimum Gasteiger partial charge on any atom is -0.414 e. The lowest BCUT2D eigenvalue weighted by molar-refractivity contribution is -0.202. The van der Waals surface area contributed by atoms with Crippen molar-refractivity contribution < 1.29 is 14.6 Å². The Kier molecular flexibility index (Phi) is 7.78. The van der Waals surface area contributed by atoms with Gasteiger partial charge in [-0.15, -0.1) is 0 Å². The van der Waals surface area contributed by atoms with E-state index in [0.717, 1.165) is 19.3 Å². The second-order valence-corrected chi connectivity index (χ2v) is 20.2. The minimum atomic E-state index is -1.79. The second kappa shape index (κ2) is 9.69. The minimum absolute atomic E-state index is 0.161. The zero-order chi connectivity index (χ0) is 26.0. The molecular weight excluding hydrogens is 448 g/mol. The third-order valence-corrected chi connectivity index (χ3v) is 17.5. The summed E-state index contributed by atoms with van der Waals surface area (Å²) in [5, 5.41) is 22.0. The number of hydrogen-bond acceptors (Lipinski definition) is 3. The van der Waals surface area contributed by atoms with Crippen LogP contribution >= 0.6 is 0 Å². The summed E-state index contributed by atoms with van der Waals surface area (Å²) in [5.41, 5.74) is 0.675. The molecule has 11 atom stereocenters. The first-order valence-electron chi connectivity index (χ1n) is 15.2. The van der Waals surface area contributed by atoms with Crippen LogP contribution < -0.4 is 0 Å². The van der Waals surface area contributed by atoms with Crippen LogP contribution in [0.4, 0.5) is 0 Å². The standard InChI is InChI=1S/C31H58O3Si/c1-10-22-26-19-21(34-35(8,9)29(3,4)5)13-16-31(26,7)25-14-17-30(6)23(20(2)15-18-32)11-12-24(30)27(25)28(22)33/h20-28,32-33H,10-19H2,1-9H3/t20-,21-,22-,23?,24?,25?,26?,27?,28-,30-,31-/m1/s1. The molecule has 0 spiro atoms. The van der Waals surface area contributed by atoms with E-state index < -0.39 is 8.32 Å². The fraction of sp³-hybridized carbons (Fsp3) is 1.00. The number of rotatable bonds is 6. The molecule has 0 aromatic carbocycles. The second-order valence-electron chi connectivity index (χ2n) is 15.5. The van der Waals surface area contributed by atoms with Gasteiger partial charge in [-0.05, 0) is 122 Å². The normalized spacial score (nSPS) is 47.1. The lowest BCUT2D eigenvalue weighted by atomic mass is 9.41. The van der Waals surface area contributed by atoms with E-state index in [0.29, 0.717) is 65.0 Å². The molecule has 0 heterocycles. The van der Waals surface area contributed by atoms with E-state index in [9.17, 15) is 10.2 Å². The molecule has 204 valence electrons. The lowest BCUT2D eigenvalue weighted by Gasteiger charge is -2.65. The molecule has 4 aliphatic carbocycles. The number of hydrogen-bond donors (Lipinski definition) is 2. The van der Waals surface area contributed by atoms with Crippen LogP contribution in [0.2, 0.25) is 18.1 Å². The van der Waals surface area contributed by atoms with Gasteiger partial charge in [0.1, 0.15) is 0 Å². The number of aliphatic hydroxyl groups is 2. The van der Waals surface area contributed by atoms with Crippen LogP contribution in [0.15, 0.2) is 0 Å². The molecule has 35 heavy (non-hydrogen) atoms. The van der Waals surface area contributed by atoms with E-state index in [2.05, 4.69) is 61.6 Å². The largest absolute Gasteiger partial charge is 0.414 e. The highest BCUT2D eigenvalue weighted by Gasteiger charge is 2.65. The van der Waals surface area contributed by atoms with Gasteiger partial charge in [-0.1, -0.05) is 54.9 Å². The quantitative estimate of drug-likeness (QED) is 0.364. The van der Waals surface area contributed by atoms with Crippen LogP contribution in [0.5, 0.6) is 0 Å². The first kappa shape index (κ1) is 28.1. The Balaban J connectivity index is 1.59. The Bertz CT molecular complexity index is 746. The number of fused-ring (bicyclic) bond motifs is 5. The number of aliphatic hydroxyl groups excluding tert-OH is 2. The van der Waals surface area contributed by atoms with E-state index in [1.54, 1.807) is 0 Å². The average molecular weight is 507 g/mol. The molecule has 0 aromatic rings. The maximum absolute atomic E-state index is 12.1. The van der Waals surface area contributed by atoms with Gasteiger partial charge in [0, 0.05) is 12.7 Å². The van der Waals surface area contributed by atoms with Gasteiger partial charge in [-0.2, -0.15) is 0 Å². The van der Waals surface area contributed by atoms with Crippen molar-refractivity contribution >= 4 is 8.32 Å². The van der Waals surface area contributed by atoms with Crippen molar-refractivity contribution in [3.8, 4) is 0 Å². The van der Waals surface area contributed by atoms with E-state index >= 15 is 0 Å². The first-order chi connectivity index (χ1) is 16.2. The average Bonchev–Trinajstić information content (AvgIpc) is 3.11. The Labute approximate surface area is 218 Å². The van der Waals surface area contributed by atoms with E-state index in [-0.39, 0.29) is 11.1 Å². The van der Waals surface area contributed by atoms with Gasteiger partial charge in [0.25, 0.3) is 0 Å². The van der Waals surface area contributed by atoms with Crippen LogP contribution in [0.1, 0.15) is 106 Å². The topological polar surface area (TPSA) is 49.7 Å². The molecule has 0 saturated heterocycles. The van der Waals surface area contributed by atoms with Crippen molar-refractivity contribution in [3.05, 3.63) is 0 Å². The van der Waals surface area contributed by atoms with Gasteiger partial charge in [-0.25, -0.2) is 0 Å². The molecule has 4 saturated carbocycles. The van der Waals surface area contributed by atoms with Gasteiger partial charge in [0.15, 0.2) is 8.32 Å². The van der Waals surface area contributed by atoms with Crippen molar-refractivity contribution in [1.29, 1.82) is 0 Å². The summed E-state index contributed by atoms with van der Waals surface area (Å²) in [5.74, 6) is 4.04. The van der Waals surface area contributed by atoms with Gasteiger partial charge in [-0.3, -0.25) is 0 Å². The Morgan fingerprint density at radius 1 is 0.971 bits per heavy atom. The summed E-state index contributed by atoms with van der Waals surface area (Å²) >= 11 is 0. The smallest absolute Gasteiger partial charge is 0.192 e. The molecule has 4 aliphatic rings. The molecule has 0 bridgehead atoms. The van der Waals surface area contributed by atoms with Crippen LogP contribution in [0, 0.1) is 52.3 Å². The van der Waals surface area contributed by atoms with Crippen LogP contribution in [-0.2, 0) is 4.43 Å². The summed E-state index contributed by atoms with van der Waals surface area (Å²) in [6.07, 6.45) is 11.0. The highest BCUT2D eigenvalue weighted by molar-refractivity contribution is 6.74. The van der Waals surface area contributed by atoms with Crippen molar-refractivity contribution in [2.24, 2.45) is 52.3 Å². The van der Waals surface area contributed by atoms with Crippen LogP contribution in [0.25, 0.3) is 0 Å². The van der Waals surface area contributed by atoms with Crippen molar-refractivity contribution in [2.45, 2.75) is 137 Å². The summed E-state index contributed by atoms with van der Waals surface area (Å²) < 4.78 is 6.99. The molecule has 3 nitrogen and oxygen atoms in total. The molecule has 4 heteroatoms. The fourth-order valence-corrected chi connectivity index (χ4v) is 11.4. The predicted molar refractivity (Wildman–Crippen MR) is 149 cm³/mol. The maximum atomic E-state index is 12.1. The molecule has 5 unspecified atom stereocenters. The Morgan fingerprint density at radius 3 is 2.20 bits per heavy atom. The van der Waals surface area contributed by atoms with Crippen molar-refractivity contribution in [1.82, 2.24) is 0 Å². The fourth-order valence-electron chi connectivity index (χ4n) is 10.0. The SMILES string of the molecule is CC[C@@H]1C2C[C@H](O[Si](C)(C)C(C)(C)C)CC[C@]2(C)C2CC[C@@]3(C)C(CCC3[C@H](C)CCO)C2[C@@H]1O. The zero-order valence-corrected chi connectivity index (χ0v) is 25.6. The highest BCUT2D eigenvalue weighted by atomic mass is 28.4. The predicted octanol–water partition coefficient (Wildman–Crippen LogP) is 7.66. The van der Waals surface area contributed by atoms with Gasteiger partial charge >= 0.3 is 0 Å². The molecule has 2 N–H and O–H groups in total. The van der Waals surface area contributed by atoms with Gasteiger partial charge in [0.2, 0.25) is 0 Å². The van der Waals surface area contributed by atoms with E-state index in [4.69, 9.17) is 4.43 Å². The van der Waals surface area contributed by atoms with E-state index in [1.165, 1.54) is 38.5 Å².